The second kappa shape index (κ2) is 3.50. The van der Waals surface area contributed by atoms with Crippen LogP contribution in [0.25, 0.3) is 0 Å². The number of nitrogens with one attached hydrogen (secondary N) is 1. The summed E-state index contributed by atoms with van der Waals surface area (Å²) in [5.41, 5.74) is 1.16. The molecule has 0 saturated heterocycles. The van der Waals surface area contributed by atoms with Crippen LogP contribution in [0.1, 0.15) is 32.3 Å². The van der Waals surface area contributed by atoms with E-state index in [0.29, 0.717) is 4.64 Å². The topological polar surface area (TPSA) is 28.7 Å². The van der Waals surface area contributed by atoms with Crippen molar-refractivity contribution in [3.8, 4) is 0 Å². The molecule has 0 aromatic carbocycles. The van der Waals surface area contributed by atoms with E-state index in [1.807, 2.05) is 6.92 Å². The van der Waals surface area contributed by atoms with Crippen molar-refractivity contribution in [3.63, 3.8) is 0 Å². The minimum Gasteiger partial charge on any atom is -0.346 e. The number of aromatic nitrogens is 2. The highest BCUT2D eigenvalue weighted by atomic mass is 79.9. The Morgan fingerprint density at radius 1 is 1.38 bits per heavy atom. The highest BCUT2D eigenvalue weighted by Crippen LogP contribution is 2.27. The summed E-state index contributed by atoms with van der Waals surface area (Å²) >= 11 is 8.57. The minimum absolute atomic E-state index is 0.0556. The van der Waals surface area contributed by atoms with Crippen molar-refractivity contribution in [3.05, 3.63) is 20.6 Å². The molecule has 0 atom stereocenters. The second-order valence-corrected chi connectivity index (χ2v) is 5.25. The first-order valence-corrected chi connectivity index (χ1v) is 5.29. The molecule has 1 N–H and O–H groups in total. The number of hydrogen-bond acceptors (Lipinski definition) is 2. The SMILES string of the molecule is Cc1nc(=S)c(Br)c(C(C)(C)C)[nH]1. The quantitative estimate of drug-likeness (QED) is 0.724. The number of hydrogen-bond donors (Lipinski definition) is 1. The molecule has 0 unspecified atom stereocenters. The molecule has 1 aromatic rings. The summed E-state index contributed by atoms with van der Waals surface area (Å²) in [5.74, 6) is 0.859. The largest absolute Gasteiger partial charge is 0.346 e. The first-order valence-electron chi connectivity index (χ1n) is 4.09. The average molecular weight is 261 g/mol. The summed E-state index contributed by atoms with van der Waals surface area (Å²) in [6, 6.07) is 0. The standard InChI is InChI=1S/C9H13BrN2S/c1-5-11-7(9(2,3)4)6(10)8(13)12-5/h1-4H3,(H,11,12,13). The normalized spacial score (nSPS) is 11.8. The number of aromatic amines is 1. The summed E-state index contributed by atoms with van der Waals surface area (Å²) in [6.45, 7) is 8.32. The highest BCUT2D eigenvalue weighted by molar-refractivity contribution is 9.10. The van der Waals surface area contributed by atoms with Gasteiger partial charge in [0.2, 0.25) is 0 Å². The van der Waals surface area contributed by atoms with Gasteiger partial charge in [0.05, 0.1) is 4.47 Å². The van der Waals surface area contributed by atoms with Gasteiger partial charge in [-0.25, -0.2) is 4.98 Å². The van der Waals surface area contributed by atoms with Crippen LogP contribution in [0.5, 0.6) is 0 Å². The van der Waals surface area contributed by atoms with Gasteiger partial charge in [-0.3, -0.25) is 0 Å². The molecule has 72 valence electrons. The fraction of sp³-hybridized carbons (Fsp3) is 0.556. The Morgan fingerprint density at radius 2 is 1.92 bits per heavy atom. The van der Waals surface area contributed by atoms with E-state index in [9.17, 15) is 0 Å². The highest BCUT2D eigenvalue weighted by Gasteiger charge is 2.19. The Kier molecular flexibility index (Phi) is 2.92. The van der Waals surface area contributed by atoms with Crippen molar-refractivity contribution in [2.45, 2.75) is 33.1 Å². The first kappa shape index (κ1) is 10.9. The van der Waals surface area contributed by atoms with Crippen molar-refractivity contribution in [1.29, 1.82) is 0 Å². The lowest BCUT2D eigenvalue weighted by Gasteiger charge is -2.20. The number of nitrogens with zero attached hydrogens (tertiary/aromatic N) is 1. The van der Waals surface area contributed by atoms with Crippen molar-refractivity contribution in [1.82, 2.24) is 9.97 Å². The van der Waals surface area contributed by atoms with Crippen LogP contribution in [0.2, 0.25) is 0 Å². The molecule has 0 aliphatic rings. The van der Waals surface area contributed by atoms with Crippen LogP contribution >= 0.6 is 28.1 Å². The molecule has 0 spiro atoms. The average Bonchev–Trinajstić information content (AvgIpc) is 1.94. The fourth-order valence-electron chi connectivity index (χ4n) is 1.09. The molecular weight excluding hydrogens is 248 g/mol. The van der Waals surface area contributed by atoms with Gasteiger partial charge < -0.3 is 4.98 Å². The van der Waals surface area contributed by atoms with E-state index in [1.54, 1.807) is 0 Å². The lowest BCUT2D eigenvalue weighted by atomic mass is 9.92. The third-order valence-corrected chi connectivity index (χ3v) is 3.06. The van der Waals surface area contributed by atoms with Crippen LogP contribution in [0, 0.1) is 11.6 Å². The Labute approximate surface area is 91.9 Å². The Morgan fingerprint density at radius 3 is 2.38 bits per heavy atom. The number of aryl methyl sites for hydroxylation is 1. The molecule has 0 amide bonds. The third kappa shape index (κ3) is 2.38. The van der Waals surface area contributed by atoms with Gasteiger partial charge >= 0.3 is 0 Å². The van der Waals surface area contributed by atoms with Crippen molar-refractivity contribution >= 4 is 28.1 Å². The summed E-state index contributed by atoms with van der Waals surface area (Å²) in [6.07, 6.45) is 0. The van der Waals surface area contributed by atoms with E-state index in [-0.39, 0.29) is 5.41 Å². The minimum atomic E-state index is 0.0556. The molecule has 0 aliphatic heterocycles. The summed E-state index contributed by atoms with van der Waals surface area (Å²) < 4.78 is 1.53. The molecule has 1 rings (SSSR count). The molecule has 1 heterocycles. The smallest absolute Gasteiger partial charge is 0.144 e. The lowest BCUT2D eigenvalue weighted by molar-refractivity contribution is 0.559. The third-order valence-electron chi connectivity index (χ3n) is 1.73. The van der Waals surface area contributed by atoms with E-state index in [1.165, 1.54) is 0 Å². The Bertz CT molecular complexity index is 376. The second-order valence-electron chi connectivity index (χ2n) is 4.07. The van der Waals surface area contributed by atoms with Gasteiger partial charge in [-0.15, -0.1) is 0 Å². The number of halogens is 1. The predicted octanol–water partition coefficient (Wildman–Crippen LogP) is 3.51. The molecule has 0 radical (unpaired) electrons. The van der Waals surface area contributed by atoms with E-state index in [2.05, 4.69) is 46.7 Å². The predicted molar refractivity (Wildman–Crippen MR) is 60.6 cm³/mol. The maximum absolute atomic E-state index is 5.12. The van der Waals surface area contributed by atoms with Gasteiger partial charge in [0.25, 0.3) is 0 Å². The molecule has 0 fully saturated rings. The summed E-state index contributed by atoms with van der Waals surface area (Å²) in [7, 11) is 0. The van der Waals surface area contributed by atoms with E-state index < -0.39 is 0 Å². The zero-order valence-electron chi connectivity index (χ0n) is 8.23. The van der Waals surface area contributed by atoms with Crippen LogP contribution in [0.3, 0.4) is 0 Å². The molecular formula is C9H13BrN2S. The summed E-state index contributed by atoms with van der Waals surface area (Å²) in [5, 5.41) is 0. The van der Waals surface area contributed by atoms with Gasteiger partial charge in [-0.1, -0.05) is 33.0 Å². The molecule has 2 nitrogen and oxygen atoms in total. The van der Waals surface area contributed by atoms with Gasteiger partial charge in [0.15, 0.2) is 0 Å². The molecule has 4 heteroatoms. The maximum Gasteiger partial charge on any atom is 0.144 e. The van der Waals surface area contributed by atoms with Gasteiger partial charge in [-0.05, 0) is 22.9 Å². The number of H-pyrrole nitrogens is 1. The van der Waals surface area contributed by atoms with Gasteiger partial charge in [-0.2, -0.15) is 0 Å². The Hall–Kier alpha value is -0.220. The molecule has 0 saturated carbocycles. The van der Waals surface area contributed by atoms with Crippen LogP contribution in [0.4, 0.5) is 0 Å². The van der Waals surface area contributed by atoms with Crippen LogP contribution < -0.4 is 0 Å². The van der Waals surface area contributed by atoms with Gasteiger partial charge in [0.1, 0.15) is 10.5 Å². The van der Waals surface area contributed by atoms with Crippen LogP contribution in [-0.4, -0.2) is 9.97 Å². The monoisotopic (exact) mass is 260 g/mol. The van der Waals surface area contributed by atoms with E-state index in [0.717, 1.165) is 16.0 Å². The molecule has 0 bridgehead atoms. The fourth-order valence-corrected chi connectivity index (χ4v) is 2.11. The van der Waals surface area contributed by atoms with Crippen molar-refractivity contribution in [2.24, 2.45) is 0 Å². The lowest BCUT2D eigenvalue weighted by Crippen LogP contribution is -2.16. The van der Waals surface area contributed by atoms with Crippen molar-refractivity contribution in [2.75, 3.05) is 0 Å². The first-order chi connectivity index (χ1) is 5.82. The van der Waals surface area contributed by atoms with Crippen LogP contribution in [-0.2, 0) is 5.41 Å². The zero-order valence-corrected chi connectivity index (χ0v) is 10.6. The van der Waals surface area contributed by atoms with Crippen LogP contribution in [0.15, 0.2) is 4.47 Å². The van der Waals surface area contributed by atoms with Crippen molar-refractivity contribution < 1.29 is 0 Å². The Balaban J connectivity index is 3.46. The zero-order chi connectivity index (χ0) is 10.2. The molecule has 0 aliphatic carbocycles. The van der Waals surface area contributed by atoms with E-state index >= 15 is 0 Å². The molecule has 1 aromatic heterocycles. The van der Waals surface area contributed by atoms with Gasteiger partial charge in [0, 0.05) is 11.1 Å². The number of rotatable bonds is 0. The summed E-state index contributed by atoms with van der Waals surface area (Å²) in [4.78, 5) is 7.39. The van der Waals surface area contributed by atoms with E-state index in [4.69, 9.17) is 12.2 Å². The molecule has 13 heavy (non-hydrogen) atoms. The maximum atomic E-state index is 5.12.